The first-order valence-electron chi connectivity index (χ1n) is 9.46. The maximum Gasteiger partial charge on any atom is 0.350 e. The van der Waals surface area contributed by atoms with E-state index in [0.29, 0.717) is 10.7 Å². The third kappa shape index (κ3) is 6.32. The summed E-state index contributed by atoms with van der Waals surface area (Å²) in [5, 5.41) is 9.94. The van der Waals surface area contributed by atoms with Crippen LogP contribution in [0, 0.1) is 0 Å². The molecule has 0 aliphatic heterocycles. The molecule has 0 atom stereocenters. The number of aromatic nitrogens is 2. The summed E-state index contributed by atoms with van der Waals surface area (Å²) < 4.78 is 1.11. The van der Waals surface area contributed by atoms with Gasteiger partial charge in [-0.25, -0.2) is 9.59 Å². The van der Waals surface area contributed by atoms with E-state index in [2.05, 4.69) is 22.7 Å². The lowest BCUT2D eigenvalue weighted by molar-refractivity contribution is 0.221. The molecule has 6 nitrogen and oxygen atoms in total. The standard InChI is InChI=1S/C22H27ClN4O2/c1-6-15(17-10-8-9-11-18(17)23)14-16(7-2)19-12-13-27(26-19)21(29)24-20(28)25-22(3,4)5/h7-14H,6H2,1-5H3,(H2,24,25,28,29)/b15-14+,16-7+. The molecule has 2 N–H and O–H groups in total. The SMILES string of the molecule is C/C=C(\C=C(/CC)c1ccccc1Cl)c1ccn(C(=O)NC(=O)NC(C)(C)C)n1. The second-order valence-electron chi connectivity index (χ2n) is 7.53. The number of halogens is 1. The molecule has 0 bridgehead atoms. The van der Waals surface area contributed by atoms with E-state index in [-0.39, 0.29) is 0 Å². The highest BCUT2D eigenvalue weighted by atomic mass is 35.5. The second-order valence-corrected chi connectivity index (χ2v) is 7.93. The third-order valence-electron chi connectivity index (χ3n) is 4.04. The van der Waals surface area contributed by atoms with Crippen LogP contribution in [-0.4, -0.2) is 27.4 Å². The molecule has 1 aromatic carbocycles. The van der Waals surface area contributed by atoms with Gasteiger partial charge in [0, 0.05) is 16.8 Å². The Hall–Kier alpha value is -2.86. The molecule has 0 aliphatic carbocycles. The molecule has 2 rings (SSSR count). The molecule has 0 radical (unpaired) electrons. The Kier molecular flexibility index (Phi) is 7.40. The molecule has 2 aromatic rings. The molecule has 3 amide bonds. The van der Waals surface area contributed by atoms with Crippen LogP contribution in [0.3, 0.4) is 0 Å². The molecule has 1 heterocycles. The lowest BCUT2D eigenvalue weighted by Crippen LogP contribution is -2.49. The number of hydrogen-bond donors (Lipinski definition) is 2. The summed E-state index contributed by atoms with van der Waals surface area (Å²) in [5.74, 6) is 0. The molecule has 0 fully saturated rings. The van der Waals surface area contributed by atoms with E-state index in [0.717, 1.165) is 27.8 Å². The van der Waals surface area contributed by atoms with Crippen molar-refractivity contribution in [1.82, 2.24) is 20.4 Å². The van der Waals surface area contributed by atoms with Gasteiger partial charge in [-0.1, -0.05) is 42.8 Å². The van der Waals surface area contributed by atoms with Crippen molar-refractivity contribution in [3.05, 3.63) is 65.0 Å². The maximum absolute atomic E-state index is 12.3. The molecular formula is C22H27ClN4O2. The highest BCUT2D eigenvalue weighted by Crippen LogP contribution is 2.29. The summed E-state index contributed by atoms with van der Waals surface area (Å²) in [6.07, 6.45) is 6.24. The van der Waals surface area contributed by atoms with Gasteiger partial charge in [0.15, 0.2) is 0 Å². The summed E-state index contributed by atoms with van der Waals surface area (Å²) in [7, 11) is 0. The zero-order chi connectivity index (χ0) is 21.6. The number of amides is 3. The number of carbonyl (C=O) groups is 2. The van der Waals surface area contributed by atoms with Crippen LogP contribution in [-0.2, 0) is 0 Å². The zero-order valence-electron chi connectivity index (χ0n) is 17.4. The number of urea groups is 1. The van der Waals surface area contributed by atoms with Crippen LogP contribution >= 0.6 is 11.6 Å². The van der Waals surface area contributed by atoms with E-state index >= 15 is 0 Å². The summed E-state index contributed by atoms with van der Waals surface area (Å²) in [4.78, 5) is 24.2. The second kappa shape index (κ2) is 9.56. The number of imide groups is 1. The maximum atomic E-state index is 12.3. The van der Waals surface area contributed by atoms with Crippen LogP contribution in [0.2, 0.25) is 5.02 Å². The summed E-state index contributed by atoms with van der Waals surface area (Å²) >= 11 is 6.34. The van der Waals surface area contributed by atoms with Gasteiger partial charge >= 0.3 is 12.1 Å². The molecule has 0 aliphatic rings. The number of nitrogens with one attached hydrogen (secondary N) is 2. The molecule has 0 saturated carbocycles. The Morgan fingerprint density at radius 1 is 1.21 bits per heavy atom. The molecule has 7 heteroatoms. The Morgan fingerprint density at radius 2 is 1.90 bits per heavy atom. The molecular weight excluding hydrogens is 388 g/mol. The topological polar surface area (TPSA) is 76.0 Å². The lowest BCUT2D eigenvalue weighted by atomic mass is 9.99. The van der Waals surface area contributed by atoms with Crippen molar-refractivity contribution in [1.29, 1.82) is 0 Å². The zero-order valence-corrected chi connectivity index (χ0v) is 18.2. The van der Waals surface area contributed by atoms with Gasteiger partial charge in [-0.2, -0.15) is 9.78 Å². The summed E-state index contributed by atoms with van der Waals surface area (Å²) in [5.41, 5.74) is 3.06. The minimum atomic E-state index is -0.626. The number of rotatable bonds is 4. The van der Waals surface area contributed by atoms with Crippen molar-refractivity contribution in [3.8, 4) is 0 Å². The van der Waals surface area contributed by atoms with E-state index in [1.54, 1.807) is 6.07 Å². The van der Waals surface area contributed by atoms with Crippen LogP contribution in [0.15, 0.2) is 48.7 Å². The predicted molar refractivity (Wildman–Crippen MR) is 118 cm³/mol. The van der Waals surface area contributed by atoms with Crippen LogP contribution < -0.4 is 10.6 Å². The Bertz CT molecular complexity index is 952. The number of hydrogen-bond acceptors (Lipinski definition) is 3. The molecule has 0 unspecified atom stereocenters. The van der Waals surface area contributed by atoms with Crippen molar-refractivity contribution in [2.24, 2.45) is 0 Å². The number of nitrogens with zero attached hydrogens (tertiary/aromatic N) is 2. The Morgan fingerprint density at radius 3 is 2.48 bits per heavy atom. The number of benzene rings is 1. The van der Waals surface area contributed by atoms with E-state index in [9.17, 15) is 9.59 Å². The van der Waals surface area contributed by atoms with Crippen LogP contribution in [0.4, 0.5) is 9.59 Å². The highest BCUT2D eigenvalue weighted by Gasteiger charge is 2.17. The third-order valence-corrected chi connectivity index (χ3v) is 4.37. The van der Waals surface area contributed by atoms with Crippen molar-refractivity contribution in [3.63, 3.8) is 0 Å². The molecule has 154 valence electrons. The monoisotopic (exact) mass is 414 g/mol. The molecule has 0 spiro atoms. The van der Waals surface area contributed by atoms with Gasteiger partial charge in [-0.3, -0.25) is 5.32 Å². The van der Waals surface area contributed by atoms with Crippen LogP contribution in [0.1, 0.15) is 52.3 Å². The minimum absolute atomic E-state index is 0.447. The Labute approximate surface area is 176 Å². The van der Waals surface area contributed by atoms with Crippen molar-refractivity contribution < 1.29 is 9.59 Å². The quantitative estimate of drug-likeness (QED) is 0.648. The largest absolute Gasteiger partial charge is 0.350 e. The Balaban J connectivity index is 2.22. The van der Waals surface area contributed by atoms with Gasteiger partial charge in [-0.15, -0.1) is 0 Å². The first kappa shape index (κ1) is 22.4. The smallest absolute Gasteiger partial charge is 0.333 e. The lowest BCUT2D eigenvalue weighted by Gasteiger charge is -2.20. The van der Waals surface area contributed by atoms with Crippen molar-refractivity contribution in [2.45, 2.75) is 46.6 Å². The van der Waals surface area contributed by atoms with E-state index in [1.165, 1.54) is 6.20 Å². The fourth-order valence-electron chi connectivity index (χ4n) is 2.70. The molecule has 1 aromatic heterocycles. The van der Waals surface area contributed by atoms with E-state index in [1.807, 2.05) is 64.1 Å². The summed E-state index contributed by atoms with van der Waals surface area (Å²) in [6, 6.07) is 8.21. The van der Waals surface area contributed by atoms with E-state index < -0.39 is 17.6 Å². The van der Waals surface area contributed by atoms with Crippen molar-refractivity contribution in [2.75, 3.05) is 0 Å². The fourth-order valence-corrected chi connectivity index (χ4v) is 2.96. The average Bonchev–Trinajstić information content (AvgIpc) is 3.12. The van der Waals surface area contributed by atoms with Gasteiger partial charge in [0.05, 0.1) is 5.69 Å². The van der Waals surface area contributed by atoms with Gasteiger partial charge < -0.3 is 5.32 Å². The van der Waals surface area contributed by atoms with Gasteiger partial charge in [0.2, 0.25) is 0 Å². The van der Waals surface area contributed by atoms with Gasteiger partial charge in [-0.05, 0) is 69.0 Å². The molecule has 0 saturated heterocycles. The highest BCUT2D eigenvalue weighted by molar-refractivity contribution is 6.32. The first-order chi connectivity index (χ1) is 13.6. The number of allylic oxidation sites excluding steroid dienone is 4. The van der Waals surface area contributed by atoms with Gasteiger partial charge in [0.1, 0.15) is 0 Å². The normalized spacial score (nSPS) is 12.6. The van der Waals surface area contributed by atoms with Crippen LogP contribution in [0.25, 0.3) is 11.1 Å². The minimum Gasteiger partial charge on any atom is -0.333 e. The van der Waals surface area contributed by atoms with Crippen LogP contribution in [0.5, 0.6) is 0 Å². The first-order valence-corrected chi connectivity index (χ1v) is 9.83. The predicted octanol–water partition coefficient (Wildman–Crippen LogP) is 5.50. The fraction of sp³-hybridized carbons (Fsp3) is 0.318. The summed E-state index contributed by atoms with van der Waals surface area (Å²) in [6.45, 7) is 9.46. The van der Waals surface area contributed by atoms with Crippen molar-refractivity contribution >= 4 is 34.8 Å². The van der Waals surface area contributed by atoms with Gasteiger partial charge in [0.25, 0.3) is 0 Å². The number of carbonyl (C=O) groups excluding carboxylic acids is 2. The molecule has 29 heavy (non-hydrogen) atoms. The average molecular weight is 415 g/mol. The van der Waals surface area contributed by atoms with E-state index in [4.69, 9.17) is 11.6 Å².